The summed E-state index contributed by atoms with van der Waals surface area (Å²) in [6.07, 6.45) is 3.05. The minimum Gasteiger partial charge on any atom is -0.261 e. The molecule has 0 spiro atoms. The Morgan fingerprint density at radius 3 is 2.00 bits per heavy atom. The normalized spacial score (nSPS) is 8.81. The lowest BCUT2D eigenvalue weighted by molar-refractivity contribution is 0.836. The van der Waals surface area contributed by atoms with Crippen LogP contribution in [0.1, 0.15) is 71.2 Å². The summed E-state index contributed by atoms with van der Waals surface area (Å²) in [5, 5.41) is 0. The molecule has 0 bridgehead atoms. The molecule has 0 fully saturated rings. The zero-order valence-electron chi connectivity index (χ0n) is 12.4. The van der Waals surface area contributed by atoms with Crippen LogP contribution in [0.15, 0.2) is 12.3 Å². The van der Waals surface area contributed by atoms with Gasteiger partial charge in [-0.3, -0.25) is 4.98 Å². The summed E-state index contributed by atoms with van der Waals surface area (Å²) in [6.45, 7) is 16.7. The number of hydrogen-bond donors (Lipinski definition) is 0. The molecule has 1 aromatic heterocycles. The predicted octanol–water partition coefficient (Wildman–Crippen LogP) is 5.13. The third-order valence-electron chi connectivity index (χ3n) is 2.21. The summed E-state index contributed by atoms with van der Waals surface area (Å²) in [5.41, 5.74) is 3.89. The van der Waals surface area contributed by atoms with E-state index in [-0.39, 0.29) is 0 Å². The molecule has 0 atom stereocenters. The van der Waals surface area contributed by atoms with Gasteiger partial charge in [0.25, 0.3) is 0 Å². The second kappa shape index (κ2) is 10.7. The van der Waals surface area contributed by atoms with Gasteiger partial charge in [0, 0.05) is 11.9 Å². The fourth-order valence-electron chi connectivity index (χ4n) is 1.37. The van der Waals surface area contributed by atoms with Crippen LogP contribution in [-0.4, -0.2) is 4.98 Å². The Hall–Kier alpha value is -0.850. The zero-order valence-corrected chi connectivity index (χ0v) is 12.4. The maximum Gasteiger partial charge on any atom is 0.0407 e. The Morgan fingerprint density at radius 1 is 1.12 bits per heavy atom. The molecule has 0 radical (unpaired) electrons. The molecule has 1 heteroatoms. The van der Waals surface area contributed by atoms with Crippen molar-refractivity contribution in [3.05, 3.63) is 29.1 Å². The molecule has 1 nitrogen and oxygen atoms in total. The Bertz CT molecular complexity index is 264. The summed E-state index contributed by atoms with van der Waals surface area (Å²) in [5.74, 6) is 0.587. The van der Waals surface area contributed by atoms with Gasteiger partial charge in [0.05, 0.1) is 0 Å². The average molecular weight is 223 g/mol. The van der Waals surface area contributed by atoms with Crippen LogP contribution in [0.25, 0.3) is 0 Å². The van der Waals surface area contributed by atoms with E-state index in [1.807, 2.05) is 33.9 Å². The number of aryl methyl sites for hydroxylation is 2. The predicted molar refractivity (Wildman–Crippen MR) is 75.1 cm³/mol. The van der Waals surface area contributed by atoms with E-state index in [2.05, 4.69) is 38.7 Å². The monoisotopic (exact) mass is 223 g/mol. The maximum atomic E-state index is 4.37. The van der Waals surface area contributed by atoms with Crippen LogP contribution in [0.3, 0.4) is 0 Å². The molecular weight excluding hydrogens is 194 g/mol. The summed E-state index contributed by atoms with van der Waals surface area (Å²) in [4.78, 5) is 4.37. The number of aromatic nitrogens is 1. The Morgan fingerprint density at radius 2 is 1.62 bits per heavy atom. The molecule has 0 amide bonds. The van der Waals surface area contributed by atoms with E-state index in [4.69, 9.17) is 0 Å². The van der Waals surface area contributed by atoms with Gasteiger partial charge in [0.1, 0.15) is 0 Å². The molecule has 16 heavy (non-hydrogen) atoms. The average Bonchev–Trinajstić information content (AvgIpc) is 2.34. The van der Waals surface area contributed by atoms with Crippen LogP contribution in [0.5, 0.6) is 0 Å². The molecule has 0 N–H and O–H groups in total. The summed E-state index contributed by atoms with van der Waals surface area (Å²) in [7, 11) is 0. The molecule has 94 valence electrons. The molecule has 1 aromatic rings. The summed E-state index contributed by atoms with van der Waals surface area (Å²) >= 11 is 0. The lowest BCUT2D eigenvalue weighted by Crippen LogP contribution is -1.96. The van der Waals surface area contributed by atoms with Gasteiger partial charge in [0.2, 0.25) is 0 Å². The van der Waals surface area contributed by atoms with Crippen LogP contribution in [0.2, 0.25) is 0 Å². The SMILES string of the molecule is CC.CC.CCc1cnc(C)c(C(C)C)c1. The fourth-order valence-corrected chi connectivity index (χ4v) is 1.37. The van der Waals surface area contributed by atoms with Crippen molar-refractivity contribution < 1.29 is 0 Å². The highest BCUT2D eigenvalue weighted by molar-refractivity contribution is 5.27. The van der Waals surface area contributed by atoms with E-state index in [1.165, 1.54) is 16.8 Å². The van der Waals surface area contributed by atoms with Gasteiger partial charge in [-0.15, -0.1) is 0 Å². The maximum absolute atomic E-state index is 4.37. The first-order chi connectivity index (χ1) is 7.65. The second-order valence-electron chi connectivity index (χ2n) is 3.53. The van der Waals surface area contributed by atoms with Gasteiger partial charge in [0.15, 0.2) is 0 Å². The second-order valence-corrected chi connectivity index (χ2v) is 3.53. The number of rotatable bonds is 2. The topological polar surface area (TPSA) is 12.9 Å². The fraction of sp³-hybridized carbons (Fsp3) is 0.667. The van der Waals surface area contributed by atoms with Crippen LogP contribution < -0.4 is 0 Å². The van der Waals surface area contributed by atoms with E-state index in [0.29, 0.717) is 5.92 Å². The third-order valence-corrected chi connectivity index (χ3v) is 2.21. The Kier molecular flexibility index (Phi) is 11.7. The van der Waals surface area contributed by atoms with E-state index < -0.39 is 0 Å². The largest absolute Gasteiger partial charge is 0.261 e. The van der Waals surface area contributed by atoms with Crippen molar-refractivity contribution in [3.63, 3.8) is 0 Å². The van der Waals surface area contributed by atoms with Crippen LogP contribution in [0.4, 0.5) is 0 Å². The van der Waals surface area contributed by atoms with Gasteiger partial charge >= 0.3 is 0 Å². The molecule has 1 heterocycles. The summed E-state index contributed by atoms with van der Waals surface area (Å²) in [6, 6.07) is 2.27. The van der Waals surface area contributed by atoms with Crippen LogP contribution >= 0.6 is 0 Å². The molecule has 0 saturated heterocycles. The van der Waals surface area contributed by atoms with Crippen molar-refractivity contribution in [1.29, 1.82) is 0 Å². The minimum atomic E-state index is 0.587. The highest BCUT2D eigenvalue weighted by atomic mass is 14.7. The van der Waals surface area contributed by atoms with Gasteiger partial charge in [-0.25, -0.2) is 0 Å². The van der Waals surface area contributed by atoms with Crippen molar-refractivity contribution in [1.82, 2.24) is 4.98 Å². The van der Waals surface area contributed by atoms with Gasteiger partial charge < -0.3 is 0 Å². The number of nitrogens with zero attached hydrogens (tertiary/aromatic N) is 1. The molecular formula is C15H29N. The first-order valence-electron chi connectivity index (χ1n) is 6.60. The highest BCUT2D eigenvalue weighted by Crippen LogP contribution is 2.18. The van der Waals surface area contributed by atoms with E-state index in [1.54, 1.807) is 0 Å². The molecule has 0 saturated carbocycles. The lowest BCUT2D eigenvalue weighted by atomic mass is 10.00. The molecule has 0 unspecified atom stereocenters. The molecule has 0 aliphatic heterocycles. The quantitative estimate of drug-likeness (QED) is 0.677. The highest BCUT2D eigenvalue weighted by Gasteiger charge is 2.04. The van der Waals surface area contributed by atoms with E-state index in [9.17, 15) is 0 Å². The van der Waals surface area contributed by atoms with Gasteiger partial charge in [-0.05, 0) is 30.4 Å². The van der Waals surface area contributed by atoms with Crippen molar-refractivity contribution in [2.24, 2.45) is 0 Å². The Labute approximate surface area is 102 Å². The van der Waals surface area contributed by atoms with Crippen LogP contribution in [-0.2, 0) is 6.42 Å². The third kappa shape index (κ3) is 5.89. The van der Waals surface area contributed by atoms with E-state index >= 15 is 0 Å². The van der Waals surface area contributed by atoms with Crippen LogP contribution in [0, 0.1) is 6.92 Å². The van der Waals surface area contributed by atoms with Crippen molar-refractivity contribution in [3.8, 4) is 0 Å². The lowest BCUT2D eigenvalue weighted by Gasteiger charge is -2.09. The molecule has 0 aliphatic carbocycles. The van der Waals surface area contributed by atoms with Gasteiger partial charge in [-0.1, -0.05) is 54.5 Å². The molecule has 0 aliphatic rings. The summed E-state index contributed by atoms with van der Waals surface area (Å²) < 4.78 is 0. The standard InChI is InChI=1S/C11H17N.2C2H6/c1-5-10-6-11(8(2)3)9(4)12-7-10;2*1-2/h6-8H,5H2,1-4H3;2*1-2H3. The van der Waals surface area contributed by atoms with Gasteiger partial charge in [-0.2, -0.15) is 0 Å². The smallest absolute Gasteiger partial charge is 0.0407 e. The number of hydrogen-bond acceptors (Lipinski definition) is 1. The van der Waals surface area contributed by atoms with Crippen molar-refractivity contribution >= 4 is 0 Å². The molecule has 1 rings (SSSR count). The van der Waals surface area contributed by atoms with Crippen molar-refractivity contribution in [2.75, 3.05) is 0 Å². The van der Waals surface area contributed by atoms with E-state index in [0.717, 1.165) is 6.42 Å². The zero-order chi connectivity index (χ0) is 13.1. The first kappa shape index (κ1) is 17.5. The number of pyridine rings is 1. The first-order valence-corrected chi connectivity index (χ1v) is 6.60. The molecule has 0 aromatic carbocycles. The minimum absolute atomic E-state index is 0.587. The Balaban J connectivity index is 0. The van der Waals surface area contributed by atoms with Crippen molar-refractivity contribution in [2.45, 2.75) is 67.7 Å².